The Bertz CT molecular complexity index is 1820. The van der Waals surface area contributed by atoms with Crippen molar-refractivity contribution in [3.63, 3.8) is 0 Å². The van der Waals surface area contributed by atoms with E-state index in [1.54, 1.807) is 36.9 Å². The fraction of sp³-hybridized carbons (Fsp3) is 0.296. The number of carbonyl (C=O) groups is 1. The summed E-state index contributed by atoms with van der Waals surface area (Å²) in [7, 11) is -5.39. The van der Waals surface area contributed by atoms with Crippen LogP contribution < -0.4 is 15.2 Å². The van der Waals surface area contributed by atoms with Crippen LogP contribution in [0.1, 0.15) is 34.1 Å². The number of aromatic nitrogens is 3. The molecule has 2 aromatic heterocycles. The molecule has 1 aliphatic heterocycles. The number of nitrogens with zero attached hydrogens (tertiary/aromatic N) is 3. The number of aryl methyl sites for hydroxylation is 1. The molecular weight excluding hydrogens is 554 g/mol. The summed E-state index contributed by atoms with van der Waals surface area (Å²) in [6, 6.07) is 14.8. The molecule has 0 spiro atoms. The van der Waals surface area contributed by atoms with E-state index in [1.165, 1.54) is 12.1 Å². The normalized spacial score (nSPS) is 16.7. The van der Waals surface area contributed by atoms with Crippen LogP contribution in [0, 0.1) is 6.92 Å². The third-order valence-electron chi connectivity index (χ3n) is 6.95. The van der Waals surface area contributed by atoms with E-state index < -0.39 is 19.9 Å². The number of methoxy groups -OCH3 is 1. The van der Waals surface area contributed by atoms with Gasteiger partial charge < -0.3 is 10.1 Å². The molecule has 13 heteroatoms. The summed E-state index contributed by atoms with van der Waals surface area (Å²) in [5, 5.41) is 13.3. The average molecular weight is 584 g/mol. The highest BCUT2D eigenvalue weighted by Gasteiger charge is 2.32. The number of sulfone groups is 1. The molecule has 1 amide bonds. The lowest BCUT2D eigenvalue weighted by atomic mass is 10.0. The number of amides is 1. The SMILES string of the molecule is COc1cccc(-c2cc(C(=O)NCCc3ccc(S(N)(=O)=O)cc3)c3c(C)nn(C4CCS(=O)(=O)C4)c3n2)c1. The minimum absolute atomic E-state index is 0.0204. The maximum Gasteiger partial charge on any atom is 0.252 e. The Morgan fingerprint density at radius 1 is 1.18 bits per heavy atom. The third-order valence-corrected chi connectivity index (χ3v) is 9.63. The van der Waals surface area contributed by atoms with Crippen molar-refractivity contribution in [1.29, 1.82) is 0 Å². The molecule has 1 aliphatic rings. The van der Waals surface area contributed by atoms with Crippen molar-refractivity contribution >= 4 is 36.8 Å². The second-order valence-corrected chi connectivity index (χ2v) is 13.6. The number of ether oxygens (including phenoxy) is 1. The predicted molar refractivity (Wildman–Crippen MR) is 150 cm³/mol. The Hall–Kier alpha value is -3.81. The zero-order chi connectivity index (χ0) is 28.7. The number of nitrogens with two attached hydrogens (primary N) is 1. The van der Waals surface area contributed by atoms with Gasteiger partial charge in [-0.05, 0) is 55.7 Å². The van der Waals surface area contributed by atoms with Gasteiger partial charge in [-0.3, -0.25) is 4.79 Å². The van der Waals surface area contributed by atoms with Crippen molar-refractivity contribution in [3.8, 4) is 17.0 Å². The van der Waals surface area contributed by atoms with Crippen molar-refractivity contribution in [2.75, 3.05) is 25.2 Å². The molecule has 0 radical (unpaired) electrons. The van der Waals surface area contributed by atoms with Gasteiger partial charge in [0.2, 0.25) is 10.0 Å². The summed E-state index contributed by atoms with van der Waals surface area (Å²) in [5.41, 5.74) is 3.48. The van der Waals surface area contributed by atoms with Crippen LogP contribution in [0.3, 0.4) is 0 Å². The van der Waals surface area contributed by atoms with Crippen LogP contribution >= 0.6 is 0 Å². The number of fused-ring (bicyclic) bond motifs is 1. The lowest BCUT2D eigenvalue weighted by molar-refractivity contribution is 0.0955. The summed E-state index contributed by atoms with van der Waals surface area (Å²) < 4.78 is 54.4. The number of primary sulfonamides is 1. The molecular formula is C27H29N5O6S2. The number of hydrogen-bond acceptors (Lipinski definition) is 8. The molecule has 3 heterocycles. The number of pyridine rings is 1. The molecule has 0 bridgehead atoms. The van der Waals surface area contributed by atoms with Crippen LogP contribution in [-0.2, 0) is 26.3 Å². The first-order valence-corrected chi connectivity index (χ1v) is 16.0. The van der Waals surface area contributed by atoms with E-state index in [0.29, 0.717) is 53.1 Å². The third kappa shape index (κ3) is 5.71. The van der Waals surface area contributed by atoms with E-state index in [1.807, 2.05) is 24.3 Å². The van der Waals surface area contributed by atoms with E-state index in [2.05, 4.69) is 10.4 Å². The van der Waals surface area contributed by atoms with E-state index in [4.69, 9.17) is 14.9 Å². The van der Waals surface area contributed by atoms with E-state index in [-0.39, 0.29) is 28.4 Å². The van der Waals surface area contributed by atoms with Crippen LogP contribution in [0.15, 0.2) is 59.5 Å². The summed E-state index contributed by atoms with van der Waals surface area (Å²) in [5.74, 6) is 0.351. The Balaban J connectivity index is 1.49. The Labute approximate surface area is 232 Å². The molecule has 1 atom stereocenters. The molecule has 1 unspecified atom stereocenters. The number of carbonyl (C=O) groups excluding carboxylic acids is 1. The Morgan fingerprint density at radius 2 is 1.93 bits per heavy atom. The predicted octanol–water partition coefficient (Wildman–Crippen LogP) is 2.39. The van der Waals surface area contributed by atoms with Crippen molar-refractivity contribution < 1.29 is 26.4 Å². The Morgan fingerprint density at radius 3 is 2.58 bits per heavy atom. The van der Waals surface area contributed by atoms with Gasteiger partial charge in [-0.15, -0.1) is 0 Å². The summed E-state index contributed by atoms with van der Waals surface area (Å²) >= 11 is 0. The fourth-order valence-corrected chi connectivity index (χ4v) is 7.11. The molecule has 1 fully saturated rings. The van der Waals surface area contributed by atoms with Crippen molar-refractivity contribution in [2.45, 2.75) is 30.7 Å². The molecule has 4 aromatic rings. The molecule has 0 aliphatic carbocycles. The standard InChI is InChI=1S/C27H29N5O6S2/c1-17-25-23(27(33)29-12-10-18-6-8-22(9-7-18)40(28,36)37)15-24(19-4-3-5-21(14-19)38-2)30-26(25)32(31-17)20-11-13-39(34,35)16-20/h3-9,14-15,20H,10-13,16H2,1-2H3,(H,29,33)(H2,28,36,37). The highest BCUT2D eigenvalue weighted by molar-refractivity contribution is 7.91. The smallest absolute Gasteiger partial charge is 0.252 e. The van der Waals surface area contributed by atoms with Crippen LogP contribution in [0.5, 0.6) is 5.75 Å². The number of sulfonamides is 1. The van der Waals surface area contributed by atoms with Crippen LogP contribution in [-0.4, -0.2) is 62.7 Å². The Kier molecular flexibility index (Phi) is 7.38. The maximum absolute atomic E-state index is 13.5. The largest absolute Gasteiger partial charge is 0.497 e. The van der Waals surface area contributed by atoms with Gasteiger partial charge in [0, 0.05) is 12.1 Å². The summed E-state index contributed by atoms with van der Waals surface area (Å²) in [4.78, 5) is 18.4. The van der Waals surface area contributed by atoms with Gasteiger partial charge >= 0.3 is 0 Å². The van der Waals surface area contributed by atoms with Gasteiger partial charge in [-0.25, -0.2) is 31.6 Å². The van der Waals surface area contributed by atoms with Gasteiger partial charge in [0.15, 0.2) is 15.5 Å². The van der Waals surface area contributed by atoms with Gasteiger partial charge in [-0.2, -0.15) is 5.10 Å². The van der Waals surface area contributed by atoms with Crippen molar-refractivity contribution in [3.05, 3.63) is 71.4 Å². The van der Waals surface area contributed by atoms with Crippen LogP contribution in [0.2, 0.25) is 0 Å². The highest BCUT2D eigenvalue weighted by atomic mass is 32.2. The minimum Gasteiger partial charge on any atom is -0.497 e. The molecule has 3 N–H and O–H groups in total. The van der Waals surface area contributed by atoms with Crippen LogP contribution in [0.4, 0.5) is 0 Å². The molecule has 1 saturated heterocycles. The quantitative estimate of drug-likeness (QED) is 0.319. The fourth-order valence-electron chi connectivity index (χ4n) is 4.91. The molecule has 210 valence electrons. The average Bonchev–Trinajstić information content (AvgIpc) is 3.46. The lowest BCUT2D eigenvalue weighted by Crippen LogP contribution is -2.26. The van der Waals surface area contributed by atoms with Crippen LogP contribution in [0.25, 0.3) is 22.3 Å². The minimum atomic E-state index is -3.78. The van der Waals surface area contributed by atoms with Crippen molar-refractivity contribution in [2.24, 2.45) is 5.14 Å². The van der Waals surface area contributed by atoms with Crippen molar-refractivity contribution in [1.82, 2.24) is 20.1 Å². The molecule has 0 saturated carbocycles. The van der Waals surface area contributed by atoms with E-state index in [9.17, 15) is 21.6 Å². The molecule has 11 nitrogen and oxygen atoms in total. The summed E-state index contributed by atoms with van der Waals surface area (Å²) in [6.07, 6.45) is 0.890. The van der Waals surface area contributed by atoms with E-state index in [0.717, 1.165) is 11.1 Å². The topological polar surface area (TPSA) is 163 Å². The van der Waals surface area contributed by atoms with Gasteiger partial charge in [0.1, 0.15) is 5.75 Å². The first-order chi connectivity index (χ1) is 18.9. The molecule has 40 heavy (non-hydrogen) atoms. The second-order valence-electron chi connectivity index (χ2n) is 9.77. The number of hydrogen-bond donors (Lipinski definition) is 2. The maximum atomic E-state index is 13.5. The monoisotopic (exact) mass is 583 g/mol. The molecule has 5 rings (SSSR count). The first kappa shape index (κ1) is 27.7. The zero-order valence-corrected chi connectivity index (χ0v) is 23.6. The van der Waals surface area contributed by atoms with Gasteiger partial charge in [0.25, 0.3) is 5.91 Å². The number of nitrogens with one attached hydrogen (secondary N) is 1. The van der Waals surface area contributed by atoms with Gasteiger partial charge in [0.05, 0.1) is 51.9 Å². The number of benzene rings is 2. The molecule has 2 aromatic carbocycles. The highest BCUT2D eigenvalue weighted by Crippen LogP contribution is 2.32. The zero-order valence-electron chi connectivity index (χ0n) is 22.0. The lowest BCUT2D eigenvalue weighted by Gasteiger charge is -2.13. The first-order valence-electron chi connectivity index (χ1n) is 12.6. The summed E-state index contributed by atoms with van der Waals surface area (Å²) in [6.45, 7) is 2.07. The number of rotatable bonds is 8. The van der Waals surface area contributed by atoms with Gasteiger partial charge in [-0.1, -0.05) is 24.3 Å². The van der Waals surface area contributed by atoms with E-state index >= 15 is 0 Å². The second kappa shape index (κ2) is 10.6.